The van der Waals surface area contributed by atoms with Crippen LogP contribution in [-0.4, -0.2) is 53.7 Å². The first-order chi connectivity index (χ1) is 25.6. The lowest BCUT2D eigenvalue weighted by atomic mass is 10.0. The summed E-state index contributed by atoms with van der Waals surface area (Å²) in [4.78, 5) is 0. The molecule has 0 bridgehead atoms. The molecule has 0 fully saturated rings. The molecule has 0 atom stereocenters. The van der Waals surface area contributed by atoms with E-state index in [4.69, 9.17) is 8.85 Å². The van der Waals surface area contributed by atoms with E-state index < -0.39 is 9.28 Å². The van der Waals surface area contributed by atoms with E-state index in [9.17, 15) is 0 Å². The van der Waals surface area contributed by atoms with Crippen LogP contribution in [0.15, 0.2) is 0 Å². The van der Waals surface area contributed by atoms with Gasteiger partial charge in [-0.05, 0) is 52.0 Å². The van der Waals surface area contributed by atoms with Gasteiger partial charge in [0.15, 0.2) is 0 Å². The normalized spacial score (nSPS) is 11.9. The largest absolute Gasteiger partial charge is 1.00 e. The molecule has 0 unspecified atom stereocenters. The van der Waals surface area contributed by atoms with Gasteiger partial charge in [-0.1, -0.05) is 219 Å². The standard InChI is InChI=1S/C48H102NO2Si.ClH/c1-6-10-12-14-16-18-20-22-24-26-28-30-32-34-36-38-40-42-45-49(5,47-44-48-52(50-8-3)51-9-4)46-43-41-39-37-35-33-31-29-27-25-23-21-19-17-15-13-11-7-2;/h52H,6-48H2,1-5H3;1H/q+1;/p-1. The Bertz CT molecular complexity index is 607. The van der Waals surface area contributed by atoms with E-state index >= 15 is 0 Å². The highest BCUT2D eigenvalue weighted by Gasteiger charge is 2.22. The molecule has 0 aromatic rings. The number of halogens is 1. The molecule has 5 heteroatoms. The monoisotopic (exact) mass is 788 g/mol. The van der Waals surface area contributed by atoms with Gasteiger partial charge in [0.25, 0.3) is 0 Å². The second-order valence-electron chi connectivity index (χ2n) is 17.3. The van der Waals surface area contributed by atoms with Crippen LogP contribution in [0, 0.1) is 0 Å². The molecule has 0 aliphatic rings. The lowest BCUT2D eigenvalue weighted by Crippen LogP contribution is -3.00. The van der Waals surface area contributed by atoms with Gasteiger partial charge in [0.2, 0.25) is 0 Å². The van der Waals surface area contributed by atoms with Crippen molar-refractivity contribution in [2.75, 3.05) is 39.9 Å². The van der Waals surface area contributed by atoms with Crippen LogP contribution in [0.1, 0.15) is 265 Å². The third-order valence-electron chi connectivity index (χ3n) is 11.9. The Kier molecular flexibility index (Phi) is 49.0. The summed E-state index contributed by atoms with van der Waals surface area (Å²) in [5, 5.41) is 0. The molecule has 0 radical (unpaired) electrons. The number of hydrogen-bond acceptors (Lipinski definition) is 2. The topological polar surface area (TPSA) is 18.5 Å². The zero-order chi connectivity index (χ0) is 37.9. The first kappa shape index (κ1) is 55.5. The average Bonchev–Trinajstić information content (AvgIpc) is 3.14. The van der Waals surface area contributed by atoms with Crippen molar-refractivity contribution in [3.8, 4) is 0 Å². The lowest BCUT2D eigenvalue weighted by Gasteiger charge is -2.35. The zero-order valence-corrected chi connectivity index (χ0v) is 39.5. The van der Waals surface area contributed by atoms with Gasteiger partial charge in [-0.25, -0.2) is 0 Å². The number of hydrogen-bond donors (Lipinski definition) is 0. The SMILES string of the molecule is CCCCCCCCCCCCCCCCCCCC[N+](C)(CCCCCCCCCCCCCCCCCCCC)CCC[SiH](OCC)OCC.[Cl-]. The number of nitrogens with zero attached hydrogens (tertiary/aromatic N) is 1. The molecule has 0 spiro atoms. The number of quaternary nitrogens is 1. The zero-order valence-electron chi connectivity index (χ0n) is 37.6. The molecular formula is C48H102ClNO2Si. The molecule has 0 aromatic heterocycles. The van der Waals surface area contributed by atoms with Gasteiger partial charge in [-0.15, -0.1) is 0 Å². The minimum atomic E-state index is -1.47. The maximum atomic E-state index is 6.01. The fourth-order valence-corrected chi connectivity index (χ4v) is 10.0. The molecule has 0 rings (SSSR count). The Morgan fingerprint density at radius 2 is 0.509 bits per heavy atom. The third-order valence-corrected chi connectivity index (χ3v) is 14.2. The molecule has 0 aromatic carbocycles. The summed E-state index contributed by atoms with van der Waals surface area (Å²) in [5.41, 5.74) is 0. The molecule has 53 heavy (non-hydrogen) atoms. The molecule has 0 N–H and O–H groups in total. The van der Waals surface area contributed by atoms with Crippen molar-refractivity contribution in [2.24, 2.45) is 0 Å². The molecule has 3 nitrogen and oxygen atoms in total. The Morgan fingerprint density at radius 1 is 0.302 bits per heavy atom. The highest BCUT2D eigenvalue weighted by molar-refractivity contribution is 6.44. The summed E-state index contributed by atoms with van der Waals surface area (Å²) in [7, 11) is 1.10. The summed E-state index contributed by atoms with van der Waals surface area (Å²) in [6.07, 6.45) is 53.7. The van der Waals surface area contributed by atoms with Gasteiger partial charge < -0.3 is 25.7 Å². The van der Waals surface area contributed by atoms with E-state index in [0.29, 0.717) is 0 Å². The lowest BCUT2D eigenvalue weighted by molar-refractivity contribution is -0.910. The summed E-state index contributed by atoms with van der Waals surface area (Å²) in [5.74, 6) is 0. The Balaban J connectivity index is 0. The van der Waals surface area contributed by atoms with Crippen molar-refractivity contribution < 1.29 is 25.7 Å². The van der Waals surface area contributed by atoms with Gasteiger partial charge in [0.1, 0.15) is 0 Å². The smallest absolute Gasteiger partial charge is 0.321 e. The van der Waals surface area contributed by atoms with Gasteiger partial charge in [0.05, 0.1) is 26.7 Å². The van der Waals surface area contributed by atoms with Crippen LogP contribution >= 0.6 is 0 Å². The molecule has 0 aliphatic carbocycles. The van der Waals surface area contributed by atoms with Crippen LogP contribution in [0.25, 0.3) is 0 Å². The van der Waals surface area contributed by atoms with E-state index in [0.717, 1.165) is 13.2 Å². The van der Waals surface area contributed by atoms with Crippen molar-refractivity contribution in [2.45, 2.75) is 271 Å². The van der Waals surface area contributed by atoms with Crippen molar-refractivity contribution in [1.82, 2.24) is 0 Å². The molecule has 0 aliphatic heterocycles. The Hall–Kier alpha value is 0.387. The second-order valence-corrected chi connectivity index (χ2v) is 19.4. The van der Waals surface area contributed by atoms with Crippen LogP contribution in [0.2, 0.25) is 6.04 Å². The predicted octanol–water partition coefficient (Wildman–Crippen LogP) is 13.2. The van der Waals surface area contributed by atoms with Gasteiger partial charge >= 0.3 is 9.28 Å². The number of unbranched alkanes of at least 4 members (excludes halogenated alkanes) is 34. The van der Waals surface area contributed by atoms with Crippen molar-refractivity contribution in [3.63, 3.8) is 0 Å². The van der Waals surface area contributed by atoms with E-state index in [1.165, 1.54) is 268 Å². The van der Waals surface area contributed by atoms with Crippen LogP contribution in [-0.2, 0) is 8.85 Å². The third kappa shape index (κ3) is 43.4. The van der Waals surface area contributed by atoms with Crippen LogP contribution < -0.4 is 12.4 Å². The summed E-state index contributed by atoms with van der Waals surface area (Å²) >= 11 is 0. The summed E-state index contributed by atoms with van der Waals surface area (Å²) in [6.45, 7) is 14.5. The van der Waals surface area contributed by atoms with Crippen LogP contribution in [0.4, 0.5) is 0 Å². The fraction of sp³-hybridized carbons (Fsp3) is 1.00. The Labute approximate surface area is 344 Å². The van der Waals surface area contributed by atoms with Gasteiger partial charge in [0, 0.05) is 13.2 Å². The van der Waals surface area contributed by atoms with Crippen molar-refractivity contribution in [3.05, 3.63) is 0 Å². The van der Waals surface area contributed by atoms with E-state index in [2.05, 4.69) is 34.7 Å². The molecule has 0 saturated carbocycles. The maximum Gasteiger partial charge on any atom is 0.321 e. The van der Waals surface area contributed by atoms with E-state index in [1.54, 1.807) is 0 Å². The van der Waals surface area contributed by atoms with E-state index in [-0.39, 0.29) is 12.4 Å². The minimum Gasteiger partial charge on any atom is -1.00 e. The Morgan fingerprint density at radius 3 is 0.736 bits per heavy atom. The summed E-state index contributed by atoms with van der Waals surface area (Å²) in [6, 6.07) is 1.17. The van der Waals surface area contributed by atoms with Crippen molar-refractivity contribution >= 4 is 9.28 Å². The minimum absolute atomic E-state index is 0. The highest BCUT2D eigenvalue weighted by Crippen LogP contribution is 2.19. The number of rotatable bonds is 46. The summed E-state index contributed by atoms with van der Waals surface area (Å²) < 4.78 is 13.3. The van der Waals surface area contributed by atoms with Crippen LogP contribution in [0.5, 0.6) is 0 Å². The highest BCUT2D eigenvalue weighted by atomic mass is 35.5. The predicted molar refractivity (Wildman–Crippen MR) is 238 cm³/mol. The second kappa shape index (κ2) is 46.8. The van der Waals surface area contributed by atoms with Gasteiger partial charge in [-0.2, -0.15) is 0 Å². The quantitative estimate of drug-likeness (QED) is 0.0347. The first-order valence-electron chi connectivity index (χ1n) is 24.7. The molecular weight excluding hydrogens is 686 g/mol. The molecule has 0 heterocycles. The first-order valence-corrected chi connectivity index (χ1v) is 26.4. The average molecular weight is 789 g/mol. The van der Waals surface area contributed by atoms with E-state index in [1.807, 2.05) is 0 Å². The fourth-order valence-electron chi connectivity index (χ4n) is 8.35. The maximum absolute atomic E-state index is 6.01. The molecule has 0 amide bonds. The van der Waals surface area contributed by atoms with Gasteiger partial charge in [-0.3, -0.25) is 0 Å². The van der Waals surface area contributed by atoms with Crippen molar-refractivity contribution in [1.29, 1.82) is 0 Å². The molecule has 0 saturated heterocycles. The molecule has 322 valence electrons. The van der Waals surface area contributed by atoms with Crippen LogP contribution in [0.3, 0.4) is 0 Å².